The van der Waals surface area contributed by atoms with Crippen LogP contribution < -0.4 is 0 Å². The smallest absolute Gasteiger partial charge is 0.152 e. The lowest BCUT2D eigenvalue weighted by atomic mass is 10.1. The maximum Gasteiger partial charge on any atom is 0.152 e. The maximum atomic E-state index is 10.5. The van der Waals surface area contributed by atoms with Gasteiger partial charge in [-0.1, -0.05) is 26.3 Å². The van der Waals surface area contributed by atoms with Gasteiger partial charge in [0.2, 0.25) is 0 Å². The SMILES string of the molecule is CCCC(C)/C=C\C(C)=O. The number of hydrogen-bond acceptors (Lipinski definition) is 1. The molecule has 1 unspecified atom stereocenters. The fraction of sp³-hybridized carbons (Fsp3) is 0.667. The van der Waals surface area contributed by atoms with Crippen LogP contribution in [0.4, 0.5) is 0 Å². The third kappa shape index (κ3) is 5.54. The summed E-state index contributed by atoms with van der Waals surface area (Å²) in [6.45, 7) is 5.86. The van der Waals surface area contributed by atoms with Crippen molar-refractivity contribution >= 4 is 5.78 Å². The predicted molar refractivity (Wildman–Crippen MR) is 43.9 cm³/mol. The summed E-state index contributed by atoms with van der Waals surface area (Å²) >= 11 is 0. The Morgan fingerprint density at radius 2 is 2.20 bits per heavy atom. The Labute approximate surface area is 63.1 Å². The molecule has 0 aliphatic heterocycles. The van der Waals surface area contributed by atoms with Crippen molar-refractivity contribution in [3.63, 3.8) is 0 Å². The zero-order valence-electron chi connectivity index (χ0n) is 7.05. The lowest BCUT2D eigenvalue weighted by molar-refractivity contribution is -0.112. The first-order chi connectivity index (χ1) is 4.66. The monoisotopic (exact) mass is 140 g/mol. The summed E-state index contributed by atoms with van der Waals surface area (Å²) in [5, 5.41) is 0. The molecule has 1 heteroatoms. The molecule has 0 saturated carbocycles. The first-order valence-electron chi connectivity index (χ1n) is 3.85. The molecule has 10 heavy (non-hydrogen) atoms. The van der Waals surface area contributed by atoms with E-state index in [1.165, 1.54) is 12.8 Å². The quantitative estimate of drug-likeness (QED) is 0.548. The van der Waals surface area contributed by atoms with E-state index in [-0.39, 0.29) is 5.78 Å². The van der Waals surface area contributed by atoms with Gasteiger partial charge in [0, 0.05) is 0 Å². The first kappa shape index (κ1) is 9.41. The number of carbonyl (C=O) groups is 1. The van der Waals surface area contributed by atoms with E-state index in [1.54, 1.807) is 13.0 Å². The number of allylic oxidation sites excluding steroid dienone is 2. The molecular formula is C9H16O. The van der Waals surface area contributed by atoms with Gasteiger partial charge in [-0.25, -0.2) is 0 Å². The van der Waals surface area contributed by atoms with Gasteiger partial charge in [-0.05, 0) is 25.3 Å². The molecule has 0 fully saturated rings. The summed E-state index contributed by atoms with van der Waals surface area (Å²) in [4.78, 5) is 10.5. The second-order valence-electron chi connectivity index (χ2n) is 2.74. The van der Waals surface area contributed by atoms with Gasteiger partial charge in [0.1, 0.15) is 0 Å². The summed E-state index contributed by atoms with van der Waals surface area (Å²) < 4.78 is 0. The highest BCUT2D eigenvalue weighted by Crippen LogP contribution is 2.05. The van der Waals surface area contributed by atoms with Crippen molar-refractivity contribution in [1.29, 1.82) is 0 Å². The fourth-order valence-electron chi connectivity index (χ4n) is 0.851. The van der Waals surface area contributed by atoms with Gasteiger partial charge in [0.15, 0.2) is 5.78 Å². The van der Waals surface area contributed by atoms with Crippen molar-refractivity contribution in [3.8, 4) is 0 Å². The minimum absolute atomic E-state index is 0.142. The molecule has 1 nitrogen and oxygen atoms in total. The third-order valence-electron chi connectivity index (χ3n) is 1.40. The predicted octanol–water partition coefficient (Wildman–Crippen LogP) is 2.57. The van der Waals surface area contributed by atoms with Crippen molar-refractivity contribution < 1.29 is 4.79 Å². The molecule has 0 saturated heterocycles. The van der Waals surface area contributed by atoms with E-state index in [1.807, 2.05) is 6.08 Å². The van der Waals surface area contributed by atoms with Gasteiger partial charge in [0.05, 0.1) is 0 Å². The molecule has 0 rings (SSSR count). The Bertz CT molecular complexity index is 125. The van der Waals surface area contributed by atoms with Crippen LogP contribution in [0.5, 0.6) is 0 Å². The molecular weight excluding hydrogens is 124 g/mol. The zero-order valence-corrected chi connectivity index (χ0v) is 7.05. The van der Waals surface area contributed by atoms with Gasteiger partial charge in [0.25, 0.3) is 0 Å². The van der Waals surface area contributed by atoms with Crippen LogP contribution in [-0.4, -0.2) is 5.78 Å². The molecule has 1 atom stereocenters. The van der Waals surface area contributed by atoms with Crippen LogP contribution in [0.3, 0.4) is 0 Å². The second-order valence-corrected chi connectivity index (χ2v) is 2.74. The molecule has 0 aliphatic carbocycles. The van der Waals surface area contributed by atoms with E-state index in [0.29, 0.717) is 5.92 Å². The van der Waals surface area contributed by atoms with Crippen LogP contribution >= 0.6 is 0 Å². The molecule has 0 aromatic rings. The topological polar surface area (TPSA) is 17.1 Å². The van der Waals surface area contributed by atoms with E-state index < -0.39 is 0 Å². The van der Waals surface area contributed by atoms with Crippen LogP contribution in [0.2, 0.25) is 0 Å². The second kappa shape index (κ2) is 5.21. The summed E-state index contributed by atoms with van der Waals surface area (Å²) in [5.41, 5.74) is 0. The molecule has 0 aliphatic rings. The molecule has 0 spiro atoms. The molecule has 0 N–H and O–H groups in total. The average molecular weight is 140 g/mol. The minimum Gasteiger partial charge on any atom is -0.295 e. The number of carbonyl (C=O) groups excluding carboxylic acids is 1. The van der Waals surface area contributed by atoms with Crippen molar-refractivity contribution in [2.45, 2.75) is 33.6 Å². The minimum atomic E-state index is 0.142. The number of rotatable bonds is 4. The molecule has 0 radical (unpaired) electrons. The van der Waals surface area contributed by atoms with Gasteiger partial charge in [-0.2, -0.15) is 0 Å². The van der Waals surface area contributed by atoms with E-state index in [9.17, 15) is 4.79 Å². The standard InChI is InChI=1S/C9H16O/c1-4-5-8(2)6-7-9(3)10/h6-8H,4-5H2,1-3H3/b7-6-. The van der Waals surface area contributed by atoms with Gasteiger partial charge < -0.3 is 0 Å². The van der Waals surface area contributed by atoms with Crippen molar-refractivity contribution in [2.24, 2.45) is 5.92 Å². The van der Waals surface area contributed by atoms with Gasteiger partial charge >= 0.3 is 0 Å². The number of hydrogen-bond donors (Lipinski definition) is 0. The highest BCUT2D eigenvalue weighted by molar-refractivity contribution is 5.87. The van der Waals surface area contributed by atoms with E-state index >= 15 is 0 Å². The Hall–Kier alpha value is -0.590. The third-order valence-corrected chi connectivity index (χ3v) is 1.40. The highest BCUT2D eigenvalue weighted by atomic mass is 16.1. The van der Waals surface area contributed by atoms with Crippen molar-refractivity contribution in [1.82, 2.24) is 0 Å². The lowest BCUT2D eigenvalue weighted by Gasteiger charge is -2.00. The van der Waals surface area contributed by atoms with Crippen LogP contribution in [0.25, 0.3) is 0 Å². The summed E-state index contributed by atoms with van der Waals surface area (Å²) in [5.74, 6) is 0.692. The molecule has 0 heterocycles. The van der Waals surface area contributed by atoms with E-state index in [0.717, 1.165) is 0 Å². The summed E-state index contributed by atoms with van der Waals surface area (Å²) in [6.07, 6.45) is 5.99. The largest absolute Gasteiger partial charge is 0.295 e. The number of ketones is 1. The molecule has 0 amide bonds. The first-order valence-corrected chi connectivity index (χ1v) is 3.85. The van der Waals surface area contributed by atoms with E-state index in [4.69, 9.17) is 0 Å². The maximum absolute atomic E-state index is 10.5. The van der Waals surface area contributed by atoms with Gasteiger partial charge in [-0.3, -0.25) is 4.79 Å². The Morgan fingerprint density at radius 1 is 1.60 bits per heavy atom. The normalized spacial score (nSPS) is 13.9. The highest BCUT2D eigenvalue weighted by Gasteiger charge is 1.93. The van der Waals surface area contributed by atoms with Crippen LogP contribution in [0.1, 0.15) is 33.6 Å². The lowest BCUT2D eigenvalue weighted by Crippen LogP contribution is -1.89. The molecule has 0 bridgehead atoms. The van der Waals surface area contributed by atoms with Gasteiger partial charge in [-0.15, -0.1) is 0 Å². The zero-order chi connectivity index (χ0) is 7.98. The summed E-state index contributed by atoms with van der Waals surface area (Å²) in [6, 6.07) is 0. The average Bonchev–Trinajstić information content (AvgIpc) is 1.85. The van der Waals surface area contributed by atoms with Crippen molar-refractivity contribution in [2.75, 3.05) is 0 Å². The van der Waals surface area contributed by atoms with Crippen molar-refractivity contribution in [3.05, 3.63) is 12.2 Å². The van der Waals surface area contributed by atoms with Crippen LogP contribution in [0.15, 0.2) is 12.2 Å². The Morgan fingerprint density at radius 3 is 2.60 bits per heavy atom. The Balaban J connectivity index is 3.55. The Kier molecular flexibility index (Phi) is 4.91. The summed E-state index contributed by atoms with van der Waals surface area (Å²) in [7, 11) is 0. The molecule has 0 aromatic heterocycles. The van der Waals surface area contributed by atoms with Crippen LogP contribution in [-0.2, 0) is 4.79 Å². The molecule has 58 valence electrons. The van der Waals surface area contributed by atoms with E-state index in [2.05, 4.69) is 13.8 Å². The molecule has 0 aromatic carbocycles. The van der Waals surface area contributed by atoms with Crippen LogP contribution in [0, 0.1) is 5.92 Å². The fourth-order valence-corrected chi connectivity index (χ4v) is 0.851.